The van der Waals surface area contributed by atoms with Crippen molar-refractivity contribution in [2.24, 2.45) is 0 Å². The monoisotopic (exact) mass is 467 g/mol. The van der Waals surface area contributed by atoms with Gasteiger partial charge in [0.15, 0.2) is 5.11 Å². The first kappa shape index (κ1) is 24.8. The molecule has 0 aromatic heterocycles. The second kappa shape index (κ2) is 11.2. The zero-order valence-corrected chi connectivity index (χ0v) is 17.7. The van der Waals surface area contributed by atoms with Crippen LogP contribution in [0.1, 0.15) is 35.7 Å². The quantitative estimate of drug-likeness (QED) is 0.419. The number of nitrogens with one attached hydrogen (secondary N) is 3. The maximum absolute atomic E-state index is 12.8. The van der Waals surface area contributed by atoms with Crippen molar-refractivity contribution in [2.45, 2.75) is 25.9 Å². The normalized spacial score (nSPS) is 10.8. The largest absolute Gasteiger partial charge is 0.466 e. The molecule has 32 heavy (non-hydrogen) atoms. The van der Waals surface area contributed by atoms with Crippen LogP contribution in [0.5, 0.6) is 0 Å². The third kappa shape index (κ3) is 7.99. The van der Waals surface area contributed by atoms with Crippen LogP contribution in [0.3, 0.4) is 0 Å². The summed E-state index contributed by atoms with van der Waals surface area (Å²) in [7, 11) is 0. The van der Waals surface area contributed by atoms with Crippen molar-refractivity contribution < 1.29 is 32.3 Å². The Kier molecular flexibility index (Phi) is 8.71. The molecule has 7 nitrogen and oxygen atoms in total. The highest BCUT2D eigenvalue weighted by Gasteiger charge is 2.30. The van der Waals surface area contributed by atoms with Crippen LogP contribution in [0.4, 0.5) is 24.5 Å². The van der Waals surface area contributed by atoms with Gasteiger partial charge in [0.05, 0.1) is 18.6 Å². The highest BCUT2D eigenvalue weighted by Crippen LogP contribution is 2.30. The van der Waals surface area contributed by atoms with E-state index in [0.29, 0.717) is 5.69 Å². The van der Waals surface area contributed by atoms with Gasteiger partial charge in [0.1, 0.15) is 0 Å². The SMILES string of the molecule is CCOC(=O)CCC(=O)NC(=S)Nc1cccc(C(=O)Nc2cccc(C(F)(F)F)c2)c1. The second-order valence-corrected chi connectivity index (χ2v) is 6.83. The number of hydrogen-bond donors (Lipinski definition) is 3. The molecule has 0 aliphatic carbocycles. The fourth-order valence-electron chi connectivity index (χ4n) is 2.51. The Morgan fingerprint density at radius 1 is 0.969 bits per heavy atom. The molecule has 170 valence electrons. The van der Waals surface area contributed by atoms with E-state index in [1.54, 1.807) is 13.0 Å². The summed E-state index contributed by atoms with van der Waals surface area (Å²) in [5, 5.41) is 7.49. The molecule has 2 aromatic carbocycles. The zero-order chi connectivity index (χ0) is 23.7. The maximum Gasteiger partial charge on any atom is 0.416 e. The average Bonchev–Trinajstić information content (AvgIpc) is 2.72. The van der Waals surface area contributed by atoms with E-state index in [4.69, 9.17) is 17.0 Å². The molecule has 0 fully saturated rings. The molecule has 11 heteroatoms. The van der Waals surface area contributed by atoms with Crippen LogP contribution in [0.15, 0.2) is 48.5 Å². The Hall–Kier alpha value is -3.47. The van der Waals surface area contributed by atoms with Gasteiger partial charge in [-0.2, -0.15) is 13.2 Å². The lowest BCUT2D eigenvalue weighted by Crippen LogP contribution is -2.34. The average molecular weight is 467 g/mol. The lowest BCUT2D eigenvalue weighted by molar-refractivity contribution is -0.144. The smallest absolute Gasteiger partial charge is 0.416 e. The lowest BCUT2D eigenvalue weighted by Gasteiger charge is -2.12. The predicted molar refractivity (Wildman–Crippen MR) is 116 cm³/mol. The number of benzene rings is 2. The van der Waals surface area contributed by atoms with Gasteiger partial charge >= 0.3 is 12.1 Å². The number of thiocarbonyl (C=S) groups is 1. The van der Waals surface area contributed by atoms with Crippen molar-refractivity contribution in [3.05, 3.63) is 59.7 Å². The summed E-state index contributed by atoms with van der Waals surface area (Å²) in [5.74, 6) is -1.62. The number of anilines is 2. The molecule has 0 spiro atoms. The summed E-state index contributed by atoms with van der Waals surface area (Å²) >= 11 is 5.04. The number of esters is 1. The molecular formula is C21H20F3N3O4S. The van der Waals surface area contributed by atoms with Crippen molar-refractivity contribution in [1.82, 2.24) is 5.32 Å². The molecule has 0 radical (unpaired) electrons. The van der Waals surface area contributed by atoms with E-state index in [2.05, 4.69) is 16.0 Å². The number of carbonyl (C=O) groups is 3. The first-order valence-electron chi connectivity index (χ1n) is 9.43. The Bertz CT molecular complexity index is 1010. The second-order valence-electron chi connectivity index (χ2n) is 6.42. The number of halogens is 3. The van der Waals surface area contributed by atoms with Gasteiger partial charge in [-0.15, -0.1) is 0 Å². The van der Waals surface area contributed by atoms with E-state index in [1.807, 2.05) is 0 Å². The van der Waals surface area contributed by atoms with Gasteiger partial charge in [-0.05, 0) is 55.5 Å². The number of ether oxygens (including phenoxy) is 1. The van der Waals surface area contributed by atoms with Crippen LogP contribution in [0.2, 0.25) is 0 Å². The van der Waals surface area contributed by atoms with Crippen LogP contribution in [-0.4, -0.2) is 29.5 Å². The van der Waals surface area contributed by atoms with Crippen LogP contribution in [0, 0.1) is 0 Å². The van der Waals surface area contributed by atoms with Gasteiger partial charge in [0.25, 0.3) is 5.91 Å². The third-order valence-electron chi connectivity index (χ3n) is 3.94. The molecule has 0 atom stereocenters. The number of alkyl halides is 3. The number of hydrogen-bond acceptors (Lipinski definition) is 5. The predicted octanol–water partition coefficient (Wildman–Crippen LogP) is 4.11. The highest BCUT2D eigenvalue weighted by atomic mass is 32.1. The van der Waals surface area contributed by atoms with Crippen molar-refractivity contribution in [2.75, 3.05) is 17.2 Å². The first-order valence-corrected chi connectivity index (χ1v) is 9.84. The molecule has 2 amide bonds. The number of carbonyl (C=O) groups excluding carboxylic acids is 3. The fraction of sp³-hybridized carbons (Fsp3) is 0.238. The van der Waals surface area contributed by atoms with E-state index < -0.39 is 29.5 Å². The number of rotatable bonds is 7. The molecule has 3 N–H and O–H groups in total. The topological polar surface area (TPSA) is 96.5 Å². The van der Waals surface area contributed by atoms with E-state index in [0.717, 1.165) is 12.1 Å². The molecular weight excluding hydrogens is 447 g/mol. The van der Waals surface area contributed by atoms with Crippen molar-refractivity contribution in [1.29, 1.82) is 0 Å². The lowest BCUT2D eigenvalue weighted by atomic mass is 10.1. The summed E-state index contributed by atoms with van der Waals surface area (Å²) < 4.78 is 43.2. The summed E-state index contributed by atoms with van der Waals surface area (Å²) in [5.41, 5.74) is -0.358. The minimum absolute atomic E-state index is 0.00688. The van der Waals surface area contributed by atoms with E-state index in [-0.39, 0.29) is 35.8 Å². The molecule has 0 saturated carbocycles. The van der Waals surface area contributed by atoms with E-state index in [1.165, 1.54) is 30.3 Å². The minimum Gasteiger partial charge on any atom is -0.466 e. The van der Waals surface area contributed by atoms with E-state index >= 15 is 0 Å². The summed E-state index contributed by atoms with van der Waals surface area (Å²) in [6, 6.07) is 10.3. The standard InChI is InChI=1S/C21H20F3N3O4S/c1-2-31-18(29)10-9-17(28)27-20(32)26-15-7-3-5-13(11-15)19(30)25-16-8-4-6-14(12-16)21(22,23)24/h3-8,11-12H,2,9-10H2,1H3,(H,25,30)(H2,26,27,28,32). The summed E-state index contributed by atoms with van der Waals surface area (Å²) in [4.78, 5) is 35.5. The number of amides is 2. The van der Waals surface area contributed by atoms with Crippen molar-refractivity contribution in [3.8, 4) is 0 Å². The van der Waals surface area contributed by atoms with Gasteiger partial charge in [-0.3, -0.25) is 14.4 Å². The molecule has 0 aliphatic heterocycles. The third-order valence-corrected chi connectivity index (χ3v) is 4.15. The van der Waals surface area contributed by atoms with E-state index in [9.17, 15) is 27.6 Å². The Balaban J connectivity index is 1.95. The van der Waals surface area contributed by atoms with Gasteiger partial charge in [0, 0.05) is 23.4 Å². The molecule has 0 bridgehead atoms. The van der Waals surface area contributed by atoms with Crippen LogP contribution in [0.25, 0.3) is 0 Å². The highest BCUT2D eigenvalue weighted by molar-refractivity contribution is 7.80. The Morgan fingerprint density at radius 3 is 2.28 bits per heavy atom. The Labute approximate surface area is 187 Å². The summed E-state index contributed by atoms with van der Waals surface area (Å²) in [6.07, 6.45) is -4.73. The molecule has 2 rings (SSSR count). The molecule has 0 saturated heterocycles. The van der Waals surface area contributed by atoms with Crippen LogP contribution in [-0.2, 0) is 20.5 Å². The minimum atomic E-state index is -4.53. The van der Waals surface area contributed by atoms with Gasteiger partial charge < -0.3 is 20.7 Å². The van der Waals surface area contributed by atoms with Gasteiger partial charge in [-0.25, -0.2) is 0 Å². The van der Waals surface area contributed by atoms with Crippen molar-refractivity contribution in [3.63, 3.8) is 0 Å². The molecule has 0 unspecified atom stereocenters. The Morgan fingerprint density at radius 2 is 1.62 bits per heavy atom. The van der Waals surface area contributed by atoms with Crippen molar-refractivity contribution >= 4 is 46.5 Å². The van der Waals surface area contributed by atoms with Crippen LogP contribution >= 0.6 is 12.2 Å². The van der Waals surface area contributed by atoms with Gasteiger partial charge in [-0.1, -0.05) is 12.1 Å². The maximum atomic E-state index is 12.8. The molecule has 0 heterocycles. The molecule has 0 aliphatic rings. The molecule has 2 aromatic rings. The first-order chi connectivity index (χ1) is 15.1. The summed E-state index contributed by atoms with van der Waals surface area (Å²) in [6.45, 7) is 1.88. The van der Waals surface area contributed by atoms with Crippen LogP contribution < -0.4 is 16.0 Å². The fourth-order valence-corrected chi connectivity index (χ4v) is 2.75. The van der Waals surface area contributed by atoms with Gasteiger partial charge in [0.2, 0.25) is 5.91 Å². The zero-order valence-electron chi connectivity index (χ0n) is 16.9.